The van der Waals surface area contributed by atoms with Gasteiger partial charge in [0.25, 0.3) is 0 Å². The molecule has 1 unspecified atom stereocenters. The molecule has 18 heavy (non-hydrogen) atoms. The van der Waals surface area contributed by atoms with Crippen molar-refractivity contribution in [1.29, 1.82) is 0 Å². The molecule has 4 nitrogen and oxygen atoms in total. The van der Waals surface area contributed by atoms with Crippen LogP contribution in [0.1, 0.15) is 29.3 Å². The number of nitrogens with one attached hydrogen (secondary N) is 1. The number of ether oxygens (including phenoxy) is 1. The van der Waals surface area contributed by atoms with E-state index in [0.717, 1.165) is 5.56 Å². The average Bonchev–Trinajstić information content (AvgIpc) is 2.33. The molecule has 0 spiro atoms. The van der Waals surface area contributed by atoms with Gasteiger partial charge in [0.2, 0.25) is 0 Å². The van der Waals surface area contributed by atoms with E-state index in [2.05, 4.69) is 10.1 Å². The number of halogens is 1. The first-order chi connectivity index (χ1) is 8.54. The molecule has 0 aliphatic rings. The fraction of sp³-hybridized carbons (Fsp3) is 0.462. The lowest BCUT2D eigenvalue weighted by Gasteiger charge is -2.08. The molecule has 100 valence electrons. The van der Waals surface area contributed by atoms with Crippen molar-refractivity contribution >= 4 is 5.97 Å². The monoisotopic (exact) mass is 255 g/mol. The van der Waals surface area contributed by atoms with E-state index in [-0.39, 0.29) is 11.7 Å². The van der Waals surface area contributed by atoms with E-state index in [4.69, 9.17) is 5.11 Å². The maximum atomic E-state index is 13.6. The van der Waals surface area contributed by atoms with Crippen LogP contribution in [-0.4, -0.2) is 30.8 Å². The van der Waals surface area contributed by atoms with Crippen molar-refractivity contribution in [3.05, 3.63) is 35.1 Å². The fourth-order valence-corrected chi connectivity index (χ4v) is 1.49. The number of aliphatic hydroxyl groups excluding tert-OH is 1. The molecule has 0 bridgehead atoms. The van der Waals surface area contributed by atoms with Crippen molar-refractivity contribution in [2.75, 3.05) is 13.7 Å². The Kier molecular flexibility index (Phi) is 5.74. The van der Waals surface area contributed by atoms with Gasteiger partial charge in [-0.2, -0.15) is 0 Å². The van der Waals surface area contributed by atoms with E-state index in [0.29, 0.717) is 19.5 Å². The van der Waals surface area contributed by atoms with Crippen LogP contribution in [0.3, 0.4) is 0 Å². The molecule has 0 saturated carbocycles. The minimum absolute atomic E-state index is 0.0646. The van der Waals surface area contributed by atoms with E-state index in [1.807, 2.05) is 0 Å². The van der Waals surface area contributed by atoms with E-state index in [1.165, 1.54) is 19.2 Å². The zero-order chi connectivity index (χ0) is 13.5. The van der Waals surface area contributed by atoms with Crippen molar-refractivity contribution in [2.45, 2.75) is 26.0 Å². The van der Waals surface area contributed by atoms with Crippen molar-refractivity contribution in [3.63, 3.8) is 0 Å². The quantitative estimate of drug-likeness (QED) is 0.597. The summed E-state index contributed by atoms with van der Waals surface area (Å²) in [6.07, 6.45) is 0.291. The van der Waals surface area contributed by atoms with Gasteiger partial charge >= 0.3 is 5.97 Å². The predicted octanol–water partition coefficient (Wildman–Crippen LogP) is 1.47. The van der Waals surface area contributed by atoms with E-state index in [9.17, 15) is 9.18 Å². The van der Waals surface area contributed by atoms with Gasteiger partial charge < -0.3 is 15.2 Å². The minimum Gasteiger partial charge on any atom is -0.465 e. The van der Waals surface area contributed by atoms with Crippen LogP contribution >= 0.6 is 0 Å². The van der Waals surface area contributed by atoms with Gasteiger partial charge in [0.1, 0.15) is 5.82 Å². The zero-order valence-corrected chi connectivity index (χ0v) is 10.6. The number of methoxy groups -OCH3 is 1. The summed E-state index contributed by atoms with van der Waals surface area (Å²) in [5.74, 6) is -1.27. The van der Waals surface area contributed by atoms with Crippen LogP contribution in [0, 0.1) is 5.82 Å². The first kappa shape index (κ1) is 14.6. The normalized spacial score (nSPS) is 12.2. The largest absolute Gasteiger partial charge is 0.465 e. The summed E-state index contributed by atoms with van der Waals surface area (Å²) in [6.45, 7) is 2.86. The van der Waals surface area contributed by atoms with Gasteiger partial charge in [-0.05, 0) is 37.6 Å². The lowest BCUT2D eigenvalue weighted by molar-refractivity contribution is 0.0595. The molecule has 2 N–H and O–H groups in total. The minimum atomic E-state index is -0.680. The van der Waals surface area contributed by atoms with Gasteiger partial charge in [-0.3, -0.25) is 0 Å². The van der Waals surface area contributed by atoms with E-state index >= 15 is 0 Å². The molecule has 0 aliphatic heterocycles. The molecule has 1 aromatic rings. The molecular weight excluding hydrogens is 237 g/mol. The van der Waals surface area contributed by atoms with Crippen LogP contribution < -0.4 is 5.32 Å². The topological polar surface area (TPSA) is 58.6 Å². The van der Waals surface area contributed by atoms with Gasteiger partial charge in [-0.15, -0.1) is 0 Å². The Morgan fingerprint density at radius 1 is 1.56 bits per heavy atom. The third kappa shape index (κ3) is 4.43. The molecule has 0 fully saturated rings. The second kappa shape index (κ2) is 7.08. The Morgan fingerprint density at radius 3 is 2.83 bits per heavy atom. The lowest BCUT2D eigenvalue weighted by atomic mass is 10.1. The standard InChI is InChI=1S/C13H18FNO3/c1-9(16)5-6-15-8-10-3-4-11(12(14)7-10)13(17)18-2/h3-4,7,9,15-16H,5-6,8H2,1-2H3. The summed E-state index contributed by atoms with van der Waals surface area (Å²) in [6, 6.07) is 4.39. The first-order valence-corrected chi connectivity index (χ1v) is 5.80. The van der Waals surface area contributed by atoms with E-state index < -0.39 is 11.8 Å². The molecule has 0 aromatic heterocycles. The molecule has 1 aromatic carbocycles. The Bertz CT molecular complexity index is 407. The second-order valence-corrected chi connectivity index (χ2v) is 4.12. The highest BCUT2D eigenvalue weighted by molar-refractivity contribution is 5.89. The molecule has 5 heteroatoms. The Hall–Kier alpha value is -1.46. The van der Waals surface area contributed by atoms with Crippen LogP contribution in [0.5, 0.6) is 0 Å². The van der Waals surface area contributed by atoms with Crippen molar-refractivity contribution in [2.24, 2.45) is 0 Å². The summed E-state index contributed by atoms with van der Waals surface area (Å²) >= 11 is 0. The Morgan fingerprint density at radius 2 is 2.28 bits per heavy atom. The molecule has 1 atom stereocenters. The van der Waals surface area contributed by atoms with E-state index in [1.54, 1.807) is 13.0 Å². The maximum Gasteiger partial charge on any atom is 0.340 e. The molecule has 1 rings (SSSR count). The van der Waals surface area contributed by atoms with Crippen molar-refractivity contribution in [1.82, 2.24) is 5.32 Å². The molecule has 0 saturated heterocycles. The van der Waals surface area contributed by atoms with Crippen LogP contribution in [0.2, 0.25) is 0 Å². The number of aliphatic hydroxyl groups is 1. The molecule has 0 aliphatic carbocycles. The molecule has 0 heterocycles. The number of rotatable bonds is 6. The van der Waals surface area contributed by atoms with Crippen LogP contribution in [0.15, 0.2) is 18.2 Å². The highest BCUT2D eigenvalue weighted by atomic mass is 19.1. The predicted molar refractivity (Wildman–Crippen MR) is 65.7 cm³/mol. The smallest absolute Gasteiger partial charge is 0.340 e. The third-order valence-electron chi connectivity index (χ3n) is 2.51. The summed E-state index contributed by atoms with van der Waals surface area (Å²) < 4.78 is 18.0. The molecule has 0 amide bonds. The van der Waals surface area contributed by atoms with Crippen LogP contribution in [-0.2, 0) is 11.3 Å². The lowest BCUT2D eigenvalue weighted by Crippen LogP contribution is -2.18. The SMILES string of the molecule is COC(=O)c1ccc(CNCCC(C)O)cc1F. The van der Waals surface area contributed by atoms with Gasteiger partial charge in [0.05, 0.1) is 18.8 Å². The number of hydrogen-bond acceptors (Lipinski definition) is 4. The van der Waals surface area contributed by atoms with Gasteiger partial charge in [-0.1, -0.05) is 6.07 Å². The summed E-state index contributed by atoms with van der Waals surface area (Å²) in [5, 5.41) is 12.1. The van der Waals surface area contributed by atoms with Crippen LogP contribution in [0.25, 0.3) is 0 Å². The Labute approximate surface area is 106 Å². The fourth-order valence-electron chi connectivity index (χ4n) is 1.49. The van der Waals surface area contributed by atoms with Gasteiger partial charge in [0, 0.05) is 6.54 Å². The summed E-state index contributed by atoms with van der Waals surface area (Å²) in [7, 11) is 1.22. The third-order valence-corrected chi connectivity index (χ3v) is 2.51. The highest BCUT2D eigenvalue weighted by Gasteiger charge is 2.11. The average molecular weight is 255 g/mol. The second-order valence-electron chi connectivity index (χ2n) is 4.12. The first-order valence-electron chi connectivity index (χ1n) is 5.80. The Balaban J connectivity index is 2.54. The highest BCUT2D eigenvalue weighted by Crippen LogP contribution is 2.11. The molecular formula is C13H18FNO3. The zero-order valence-electron chi connectivity index (χ0n) is 10.6. The number of carbonyl (C=O) groups is 1. The van der Waals surface area contributed by atoms with Gasteiger partial charge in [-0.25, -0.2) is 9.18 Å². The number of benzene rings is 1. The van der Waals surface area contributed by atoms with Crippen molar-refractivity contribution < 1.29 is 19.0 Å². The number of hydrogen-bond donors (Lipinski definition) is 2. The molecule has 0 radical (unpaired) electrons. The van der Waals surface area contributed by atoms with Crippen LogP contribution in [0.4, 0.5) is 4.39 Å². The van der Waals surface area contributed by atoms with Gasteiger partial charge in [0.15, 0.2) is 0 Å². The number of esters is 1. The summed E-state index contributed by atoms with van der Waals surface area (Å²) in [5.41, 5.74) is 0.677. The van der Waals surface area contributed by atoms with Crippen molar-refractivity contribution in [3.8, 4) is 0 Å². The summed E-state index contributed by atoms with van der Waals surface area (Å²) in [4.78, 5) is 11.2. The number of carbonyl (C=O) groups excluding carboxylic acids is 1. The maximum absolute atomic E-state index is 13.6.